The quantitative estimate of drug-likeness (QED) is 0.392. The fourth-order valence-electron chi connectivity index (χ4n) is 2.28. The van der Waals surface area contributed by atoms with Crippen molar-refractivity contribution in [2.45, 2.75) is 19.9 Å². The van der Waals surface area contributed by atoms with Crippen LogP contribution >= 0.6 is 24.0 Å². The Morgan fingerprint density at radius 3 is 2.71 bits per heavy atom. The van der Waals surface area contributed by atoms with Crippen molar-refractivity contribution in [3.8, 4) is 5.75 Å². The third kappa shape index (κ3) is 6.03. The Morgan fingerprint density at radius 1 is 1.25 bits per heavy atom. The van der Waals surface area contributed by atoms with Gasteiger partial charge in [-0.25, -0.2) is 4.99 Å². The smallest absolute Gasteiger partial charge is 0.191 e. The van der Waals surface area contributed by atoms with Crippen molar-refractivity contribution in [2.75, 3.05) is 20.2 Å². The van der Waals surface area contributed by atoms with E-state index >= 15 is 0 Å². The molecule has 7 heteroatoms. The highest BCUT2D eigenvalue weighted by atomic mass is 127. The van der Waals surface area contributed by atoms with Crippen molar-refractivity contribution in [1.82, 2.24) is 20.4 Å². The van der Waals surface area contributed by atoms with Crippen molar-refractivity contribution < 1.29 is 4.74 Å². The lowest BCUT2D eigenvalue weighted by Crippen LogP contribution is -2.38. The number of hydrogen-bond acceptors (Lipinski definition) is 3. The molecular formula is C17H26IN5O. The van der Waals surface area contributed by atoms with Gasteiger partial charge in [0.15, 0.2) is 5.96 Å². The monoisotopic (exact) mass is 443 g/mol. The molecule has 2 N–H and O–H groups in total. The molecule has 0 unspecified atom stereocenters. The van der Waals surface area contributed by atoms with Gasteiger partial charge in [0.2, 0.25) is 0 Å². The minimum atomic E-state index is 0. The maximum atomic E-state index is 5.38. The molecule has 132 valence electrons. The predicted octanol–water partition coefficient (Wildman–Crippen LogP) is 2.34. The molecule has 0 aliphatic rings. The Kier molecular flexibility index (Phi) is 9.21. The third-order valence-electron chi connectivity index (χ3n) is 3.55. The van der Waals surface area contributed by atoms with Crippen LogP contribution in [0.2, 0.25) is 0 Å². The van der Waals surface area contributed by atoms with E-state index in [0.29, 0.717) is 6.54 Å². The van der Waals surface area contributed by atoms with Crippen molar-refractivity contribution >= 4 is 29.9 Å². The van der Waals surface area contributed by atoms with E-state index in [1.165, 1.54) is 5.56 Å². The Bertz CT molecular complexity index is 641. The maximum Gasteiger partial charge on any atom is 0.191 e. The van der Waals surface area contributed by atoms with Crippen LogP contribution in [0.3, 0.4) is 0 Å². The van der Waals surface area contributed by atoms with Gasteiger partial charge in [-0.2, -0.15) is 5.10 Å². The van der Waals surface area contributed by atoms with Crippen LogP contribution in [-0.2, 0) is 20.0 Å². The molecule has 0 saturated carbocycles. The van der Waals surface area contributed by atoms with Crippen LogP contribution in [-0.4, -0.2) is 35.9 Å². The summed E-state index contributed by atoms with van der Waals surface area (Å²) in [6.07, 6.45) is 2.66. The average Bonchev–Trinajstić information content (AvgIpc) is 2.98. The molecule has 2 rings (SSSR count). The van der Waals surface area contributed by atoms with Gasteiger partial charge in [0, 0.05) is 26.3 Å². The Hall–Kier alpha value is -1.77. The van der Waals surface area contributed by atoms with E-state index in [-0.39, 0.29) is 24.0 Å². The molecule has 0 radical (unpaired) electrons. The number of benzene rings is 1. The average molecular weight is 443 g/mol. The van der Waals surface area contributed by atoms with Crippen LogP contribution in [0.5, 0.6) is 5.75 Å². The molecule has 1 aromatic heterocycles. The van der Waals surface area contributed by atoms with E-state index in [2.05, 4.69) is 33.7 Å². The molecular weight excluding hydrogens is 417 g/mol. The molecule has 0 saturated heterocycles. The van der Waals surface area contributed by atoms with Gasteiger partial charge in [-0.15, -0.1) is 24.0 Å². The van der Waals surface area contributed by atoms with Gasteiger partial charge in [-0.3, -0.25) is 4.68 Å². The molecule has 6 nitrogen and oxygen atoms in total. The summed E-state index contributed by atoms with van der Waals surface area (Å²) in [5, 5.41) is 10.8. The van der Waals surface area contributed by atoms with Crippen LogP contribution < -0.4 is 15.4 Å². The minimum Gasteiger partial charge on any atom is -0.496 e. The highest BCUT2D eigenvalue weighted by molar-refractivity contribution is 14.0. The normalized spacial score (nSPS) is 10.9. The topological polar surface area (TPSA) is 63.5 Å². The molecule has 0 bridgehead atoms. The Morgan fingerprint density at radius 2 is 2.04 bits per heavy atom. The number of guanidine groups is 1. The number of nitrogens with zero attached hydrogens (tertiary/aromatic N) is 3. The largest absolute Gasteiger partial charge is 0.496 e. The summed E-state index contributed by atoms with van der Waals surface area (Å²) in [4.78, 5) is 4.59. The molecule has 1 aromatic carbocycles. The summed E-state index contributed by atoms with van der Waals surface area (Å²) < 4.78 is 7.21. The second kappa shape index (κ2) is 10.9. The number of hydrogen-bond donors (Lipinski definition) is 2. The Labute approximate surface area is 160 Å². The summed E-state index contributed by atoms with van der Waals surface area (Å²) in [7, 11) is 3.62. The van der Waals surface area contributed by atoms with Gasteiger partial charge in [-0.1, -0.05) is 18.2 Å². The van der Waals surface area contributed by atoms with Crippen molar-refractivity contribution in [3.05, 3.63) is 47.8 Å². The van der Waals surface area contributed by atoms with E-state index in [1.807, 2.05) is 36.0 Å². The second-order valence-electron chi connectivity index (χ2n) is 5.13. The molecule has 0 spiro atoms. The van der Waals surface area contributed by atoms with E-state index in [1.54, 1.807) is 13.3 Å². The lowest BCUT2D eigenvalue weighted by molar-refractivity contribution is 0.409. The highest BCUT2D eigenvalue weighted by Crippen LogP contribution is 2.17. The number of ether oxygens (including phenoxy) is 1. The summed E-state index contributed by atoms with van der Waals surface area (Å²) in [5.74, 6) is 1.73. The predicted molar refractivity (Wildman–Crippen MR) is 108 cm³/mol. The number of nitrogens with one attached hydrogen (secondary N) is 2. The molecule has 2 aromatic rings. The first-order valence-corrected chi connectivity index (χ1v) is 7.85. The third-order valence-corrected chi connectivity index (χ3v) is 3.55. The van der Waals surface area contributed by atoms with E-state index in [4.69, 9.17) is 4.74 Å². The molecule has 0 aliphatic carbocycles. The maximum absolute atomic E-state index is 5.38. The van der Waals surface area contributed by atoms with Crippen molar-refractivity contribution in [1.29, 1.82) is 0 Å². The zero-order valence-corrected chi connectivity index (χ0v) is 16.8. The molecule has 0 aliphatic heterocycles. The van der Waals surface area contributed by atoms with E-state index in [9.17, 15) is 0 Å². The van der Waals surface area contributed by atoms with Crippen LogP contribution in [0, 0.1) is 0 Å². The first-order valence-electron chi connectivity index (χ1n) is 7.85. The first kappa shape index (κ1) is 20.3. The summed E-state index contributed by atoms with van der Waals surface area (Å²) in [5.41, 5.74) is 2.26. The SMILES string of the molecule is CCNC(=NCc1ccnn1C)NCCc1ccccc1OC.I. The van der Waals surface area contributed by atoms with E-state index < -0.39 is 0 Å². The van der Waals surface area contributed by atoms with Crippen molar-refractivity contribution in [3.63, 3.8) is 0 Å². The standard InChI is InChI=1S/C17H25N5O.HI/c1-4-18-17(20-13-15-10-12-21-22(15)2)19-11-9-14-7-5-6-8-16(14)23-3;/h5-8,10,12H,4,9,11,13H2,1-3H3,(H2,18,19,20);1H. The number of aryl methyl sites for hydroxylation is 1. The van der Waals surface area contributed by atoms with Crippen LogP contribution in [0.25, 0.3) is 0 Å². The number of methoxy groups -OCH3 is 1. The van der Waals surface area contributed by atoms with Gasteiger partial charge in [0.05, 0.1) is 19.3 Å². The summed E-state index contributed by atoms with van der Waals surface area (Å²) in [6.45, 7) is 4.27. The first-order chi connectivity index (χ1) is 11.2. The number of aliphatic imine (C=N–C) groups is 1. The summed E-state index contributed by atoms with van der Waals surface area (Å²) >= 11 is 0. The fraction of sp³-hybridized carbons (Fsp3) is 0.412. The minimum absolute atomic E-state index is 0. The molecule has 24 heavy (non-hydrogen) atoms. The van der Waals surface area contributed by atoms with E-state index in [0.717, 1.165) is 36.9 Å². The molecule has 0 amide bonds. The van der Waals surface area contributed by atoms with Gasteiger partial charge in [-0.05, 0) is 31.0 Å². The van der Waals surface area contributed by atoms with Gasteiger partial charge in [0.25, 0.3) is 0 Å². The lowest BCUT2D eigenvalue weighted by atomic mass is 10.1. The van der Waals surface area contributed by atoms with Gasteiger partial charge >= 0.3 is 0 Å². The van der Waals surface area contributed by atoms with Gasteiger partial charge in [0.1, 0.15) is 5.75 Å². The van der Waals surface area contributed by atoms with Crippen LogP contribution in [0.1, 0.15) is 18.2 Å². The highest BCUT2D eigenvalue weighted by Gasteiger charge is 2.03. The zero-order chi connectivity index (χ0) is 16.5. The number of halogens is 1. The number of para-hydroxylation sites is 1. The fourth-order valence-corrected chi connectivity index (χ4v) is 2.28. The lowest BCUT2D eigenvalue weighted by Gasteiger charge is -2.12. The molecule has 0 atom stereocenters. The second-order valence-corrected chi connectivity index (χ2v) is 5.13. The van der Waals surface area contributed by atoms with Crippen LogP contribution in [0.4, 0.5) is 0 Å². The molecule has 1 heterocycles. The molecule has 0 fully saturated rings. The number of aromatic nitrogens is 2. The van der Waals surface area contributed by atoms with Crippen LogP contribution in [0.15, 0.2) is 41.5 Å². The zero-order valence-electron chi connectivity index (χ0n) is 14.5. The van der Waals surface area contributed by atoms with Gasteiger partial charge < -0.3 is 15.4 Å². The Balaban J connectivity index is 0.00000288. The van der Waals surface area contributed by atoms with Crippen molar-refractivity contribution in [2.24, 2.45) is 12.0 Å². The number of rotatable bonds is 7. The summed E-state index contributed by atoms with van der Waals surface area (Å²) in [6, 6.07) is 10.0.